The van der Waals surface area contributed by atoms with E-state index >= 15 is 0 Å². The smallest absolute Gasteiger partial charge is 0.150 e. The van der Waals surface area contributed by atoms with Crippen molar-refractivity contribution in [3.63, 3.8) is 0 Å². The Morgan fingerprint density at radius 3 is 3.00 bits per heavy atom. The molecule has 0 aliphatic carbocycles. The van der Waals surface area contributed by atoms with E-state index in [-0.39, 0.29) is 5.69 Å². The lowest BCUT2D eigenvalue weighted by atomic mass is 10.1. The summed E-state index contributed by atoms with van der Waals surface area (Å²) >= 11 is 0. The minimum Gasteiger partial charge on any atom is -0.387 e. The zero-order valence-corrected chi connectivity index (χ0v) is 8.33. The first-order chi connectivity index (χ1) is 6.66. The number of hydrogen-bond donors (Lipinski definition) is 1. The first-order valence-corrected chi connectivity index (χ1v) is 4.44. The molecule has 0 radical (unpaired) electrons. The molecule has 0 spiro atoms. The van der Waals surface area contributed by atoms with Crippen LogP contribution in [-0.4, -0.2) is 23.8 Å². The van der Waals surface area contributed by atoms with Crippen LogP contribution in [0.1, 0.15) is 23.8 Å². The third kappa shape index (κ3) is 2.49. The van der Waals surface area contributed by atoms with Crippen molar-refractivity contribution in [3.8, 4) is 0 Å². The van der Waals surface area contributed by atoms with E-state index in [4.69, 9.17) is 4.74 Å². The number of hydrogen-bond acceptors (Lipinski definition) is 3. The summed E-state index contributed by atoms with van der Waals surface area (Å²) in [7, 11) is 1.53. The van der Waals surface area contributed by atoms with E-state index in [2.05, 4.69) is 4.98 Å². The number of rotatable bonds is 4. The predicted octanol–water partition coefficient (Wildman–Crippen LogP) is 1.60. The fourth-order valence-electron chi connectivity index (χ4n) is 1.16. The standard InChI is InChI=1S/C10H14FNO2/c1-7-3-5-12-10(9(7)11)8(13)4-6-14-2/h3,5,8,13H,4,6H2,1-2H3. The van der Waals surface area contributed by atoms with Crippen molar-refractivity contribution in [1.82, 2.24) is 4.98 Å². The van der Waals surface area contributed by atoms with Gasteiger partial charge in [0, 0.05) is 26.3 Å². The molecule has 1 heterocycles. The van der Waals surface area contributed by atoms with Crippen LogP contribution in [0.25, 0.3) is 0 Å². The number of aromatic nitrogens is 1. The van der Waals surface area contributed by atoms with Gasteiger partial charge in [0.05, 0.1) is 0 Å². The van der Waals surface area contributed by atoms with E-state index < -0.39 is 11.9 Å². The van der Waals surface area contributed by atoms with Gasteiger partial charge in [0.15, 0.2) is 0 Å². The average Bonchev–Trinajstić information content (AvgIpc) is 2.18. The summed E-state index contributed by atoms with van der Waals surface area (Å²) < 4.78 is 18.2. The predicted molar refractivity (Wildman–Crippen MR) is 50.4 cm³/mol. The van der Waals surface area contributed by atoms with Crippen LogP contribution in [0.2, 0.25) is 0 Å². The maximum atomic E-state index is 13.4. The highest BCUT2D eigenvalue weighted by Crippen LogP contribution is 2.19. The van der Waals surface area contributed by atoms with Gasteiger partial charge >= 0.3 is 0 Å². The highest BCUT2D eigenvalue weighted by molar-refractivity contribution is 5.19. The van der Waals surface area contributed by atoms with Crippen molar-refractivity contribution in [2.24, 2.45) is 0 Å². The zero-order chi connectivity index (χ0) is 10.6. The van der Waals surface area contributed by atoms with Gasteiger partial charge in [0.2, 0.25) is 0 Å². The summed E-state index contributed by atoms with van der Waals surface area (Å²) in [6, 6.07) is 1.57. The molecular formula is C10H14FNO2. The molecule has 78 valence electrons. The number of halogens is 1. The molecule has 0 aliphatic heterocycles. The molecule has 0 saturated carbocycles. The Morgan fingerprint density at radius 1 is 1.64 bits per heavy atom. The summed E-state index contributed by atoms with van der Waals surface area (Å²) in [5.74, 6) is -0.434. The SMILES string of the molecule is COCCC(O)c1nccc(C)c1F. The lowest BCUT2D eigenvalue weighted by Gasteiger charge is -2.10. The molecule has 1 aromatic rings. The molecule has 1 N–H and O–H groups in total. The molecule has 14 heavy (non-hydrogen) atoms. The highest BCUT2D eigenvalue weighted by atomic mass is 19.1. The molecule has 0 bridgehead atoms. The van der Waals surface area contributed by atoms with E-state index in [9.17, 15) is 9.50 Å². The number of aryl methyl sites for hydroxylation is 1. The molecule has 0 saturated heterocycles. The van der Waals surface area contributed by atoms with Crippen molar-refractivity contribution in [1.29, 1.82) is 0 Å². The first-order valence-electron chi connectivity index (χ1n) is 4.44. The molecule has 0 fully saturated rings. The molecule has 1 aromatic heterocycles. The fraction of sp³-hybridized carbons (Fsp3) is 0.500. The maximum absolute atomic E-state index is 13.4. The Labute approximate surface area is 82.5 Å². The second-order valence-corrected chi connectivity index (χ2v) is 3.12. The average molecular weight is 199 g/mol. The van der Waals surface area contributed by atoms with Crippen LogP contribution in [0, 0.1) is 12.7 Å². The first kappa shape index (κ1) is 11.1. The monoisotopic (exact) mass is 199 g/mol. The molecule has 1 rings (SSSR count). The van der Waals surface area contributed by atoms with Gasteiger partial charge in [-0.15, -0.1) is 0 Å². The number of methoxy groups -OCH3 is 1. The van der Waals surface area contributed by atoms with Gasteiger partial charge in [-0.2, -0.15) is 0 Å². The van der Waals surface area contributed by atoms with Gasteiger partial charge in [-0.1, -0.05) is 0 Å². The molecular weight excluding hydrogens is 185 g/mol. The molecule has 0 amide bonds. The topological polar surface area (TPSA) is 42.4 Å². The van der Waals surface area contributed by atoms with Gasteiger partial charge in [0.25, 0.3) is 0 Å². The lowest BCUT2D eigenvalue weighted by Crippen LogP contribution is -2.07. The third-order valence-electron chi connectivity index (χ3n) is 2.02. The van der Waals surface area contributed by atoms with Crippen molar-refractivity contribution in [2.45, 2.75) is 19.4 Å². The summed E-state index contributed by atoms with van der Waals surface area (Å²) in [5.41, 5.74) is 0.591. The second kappa shape index (κ2) is 5.02. The van der Waals surface area contributed by atoms with Gasteiger partial charge in [-0.25, -0.2) is 4.39 Å². The Bertz CT molecular complexity index is 304. The van der Waals surface area contributed by atoms with E-state index in [0.717, 1.165) is 0 Å². The second-order valence-electron chi connectivity index (χ2n) is 3.12. The Hall–Kier alpha value is -1.00. The number of nitrogens with zero attached hydrogens (tertiary/aromatic N) is 1. The molecule has 1 unspecified atom stereocenters. The molecule has 0 aromatic carbocycles. The van der Waals surface area contributed by atoms with E-state index in [1.807, 2.05) is 0 Å². The summed E-state index contributed by atoms with van der Waals surface area (Å²) in [6.07, 6.45) is 0.947. The van der Waals surface area contributed by atoms with Crippen LogP contribution in [0.5, 0.6) is 0 Å². The molecule has 0 aliphatic rings. The van der Waals surface area contributed by atoms with Crippen LogP contribution in [-0.2, 0) is 4.74 Å². The van der Waals surface area contributed by atoms with E-state index in [1.165, 1.54) is 13.3 Å². The number of pyridine rings is 1. The van der Waals surface area contributed by atoms with Gasteiger partial charge in [-0.05, 0) is 18.6 Å². The fourth-order valence-corrected chi connectivity index (χ4v) is 1.16. The van der Waals surface area contributed by atoms with Crippen molar-refractivity contribution in [3.05, 3.63) is 29.3 Å². The normalized spacial score (nSPS) is 12.9. The molecule has 3 nitrogen and oxygen atoms in total. The third-order valence-corrected chi connectivity index (χ3v) is 2.02. The summed E-state index contributed by atoms with van der Waals surface area (Å²) in [5, 5.41) is 9.57. The van der Waals surface area contributed by atoms with Crippen molar-refractivity contribution >= 4 is 0 Å². The lowest BCUT2D eigenvalue weighted by molar-refractivity contribution is 0.105. The Kier molecular flexibility index (Phi) is 3.98. The van der Waals surface area contributed by atoms with Crippen LogP contribution in [0.15, 0.2) is 12.3 Å². The van der Waals surface area contributed by atoms with Crippen molar-refractivity contribution in [2.75, 3.05) is 13.7 Å². The summed E-state index contributed by atoms with van der Waals surface area (Å²) in [6.45, 7) is 2.03. The number of aliphatic hydroxyl groups is 1. The van der Waals surface area contributed by atoms with Gasteiger partial charge in [-0.3, -0.25) is 4.98 Å². The van der Waals surface area contributed by atoms with Crippen LogP contribution in [0.4, 0.5) is 4.39 Å². The zero-order valence-electron chi connectivity index (χ0n) is 8.33. The quantitative estimate of drug-likeness (QED) is 0.800. The van der Waals surface area contributed by atoms with Crippen LogP contribution < -0.4 is 0 Å². The molecule has 4 heteroatoms. The number of ether oxygens (including phenoxy) is 1. The largest absolute Gasteiger partial charge is 0.387 e. The van der Waals surface area contributed by atoms with E-state index in [1.54, 1.807) is 13.0 Å². The van der Waals surface area contributed by atoms with Crippen LogP contribution >= 0.6 is 0 Å². The van der Waals surface area contributed by atoms with Crippen LogP contribution in [0.3, 0.4) is 0 Å². The summed E-state index contributed by atoms with van der Waals surface area (Å²) in [4.78, 5) is 3.81. The Morgan fingerprint density at radius 2 is 2.36 bits per heavy atom. The minimum atomic E-state index is -0.894. The Balaban J connectivity index is 2.79. The molecule has 1 atom stereocenters. The minimum absolute atomic E-state index is 0.0991. The van der Waals surface area contributed by atoms with Crippen molar-refractivity contribution < 1.29 is 14.2 Å². The van der Waals surface area contributed by atoms with E-state index in [0.29, 0.717) is 18.6 Å². The van der Waals surface area contributed by atoms with Gasteiger partial charge in [0.1, 0.15) is 17.6 Å². The highest BCUT2D eigenvalue weighted by Gasteiger charge is 2.15. The number of aliphatic hydroxyl groups excluding tert-OH is 1. The van der Waals surface area contributed by atoms with Gasteiger partial charge < -0.3 is 9.84 Å². The maximum Gasteiger partial charge on any atom is 0.150 e.